The summed E-state index contributed by atoms with van der Waals surface area (Å²) in [5, 5.41) is 11.8. The number of thiophene rings is 1. The largest absolute Gasteiger partial charge is 0.469 e. The van der Waals surface area contributed by atoms with Gasteiger partial charge < -0.3 is 15.1 Å². The summed E-state index contributed by atoms with van der Waals surface area (Å²) in [6.45, 7) is 3.91. The van der Waals surface area contributed by atoms with E-state index in [1.54, 1.807) is 29.7 Å². The highest BCUT2D eigenvalue weighted by Gasteiger charge is 2.07. The minimum atomic E-state index is -3.69. The van der Waals surface area contributed by atoms with Crippen molar-refractivity contribution < 1.29 is 12.8 Å². The average Bonchev–Trinajstić information content (AvgIpc) is 3.41. The Balaban J connectivity index is 1.63. The Bertz CT molecular complexity index is 1060. The van der Waals surface area contributed by atoms with Gasteiger partial charge in [-0.1, -0.05) is 19.1 Å². The molecule has 2 heterocycles. The molecule has 1 aromatic carbocycles. The van der Waals surface area contributed by atoms with Gasteiger partial charge in [0.05, 0.1) is 24.2 Å². The molecular formula is C21H26N4O3S2. The van der Waals surface area contributed by atoms with Gasteiger partial charge in [0.1, 0.15) is 5.76 Å². The first-order valence-electron chi connectivity index (χ1n) is 9.68. The van der Waals surface area contributed by atoms with Crippen molar-refractivity contribution in [2.75, 3.05) is 6.54 Å². The summed E-state index contributed by atoms with van der Waals surface area (Å²) in [4.78, 5) is 7.32. The molecule has 160 valence electrons. The number of nitrogens with one attached hydrogen (secondary N) is 2. The first kappa shape index (κ1) is 22.1. The molecule has 0 fully saturated rings. The second-order valence-corrected chi connectivity index (χ2v) is 9.50. The van der Waals surface area contributed by atoms with E-state index in [1.807, 2.05) is 12.1 Å². The molecule has 0 spiro atoms. The third-order valence-corrected chi connectivity index (χ3v) is 6.57. The fourth-order valence-corrected chi connectivity index (χ4v) is 4.18. The lowest BCUT2D eigenvalue weighted by Gasteiger charge is -2.12. The van der Waals surface area contributed by atoms with Crippen LogP contribution in [0.3, 0.4) is 0 Å². The molecule has 0 bridgehead atoms. The molecular weight excluding hydrogens is 420 g/mol. The quantitative estimate of drug-likeness (QED) is 0.346. The fourth-order valence-electron chi connectivity index (χ4n) is 2.77. The maximum atomic E-state index is 11.4. The molecule has 3 aromatic rings. The van der Waals surface area contributed by atoms with Crippen LogP contribution < -0.4 is 15.8 Å². The van der Waals surface area contributed by atoms with Gasteiger partial charge in [-0.15, -0.1) is 11.3 Å². The van der Waals surface area contributed by atoms with Crippen molar-refractivity contribution in [2.24, 2.45) is 10.1 Å². The normalized spacial score (nSPS) is 12.1. The van der Waals surface area contributed by atoms with Crippen molar-refractivity contribution in [3.8, 4) is 0 Å². The van der Waals surface area contributed by atoms with Crippen LogP contribution in [0.15, 0.2) is 69.1 Å². The van der Waals surface area contributed by atoms with Crippen LogP contribution in [0.25, 0.3) is 0 Å². The number of aliphatic imine (C=N–C) groups is 1. The van der Waals surface area contributed by atoms with E-state index >= 15 is 0 Å². The second-order valence-electron chi connectivity index (χ2n) is 6.69. The van der Waals surface area contributed by atoms with E-state index in [0.29, 0.717) is 25.6 Å². The second kappa shape index (κ2) is 10.4. The summed E-state index contributed by atoms with van der Waals surface area (Å²) in [7, 11) is -3.69. The monoisotopic (exact) mass is 446 g/mol. The molecule has 0 aliphatic carbocycles. The summed E-state index contributed by atoms with van der Waals surface area (Å²) >= 11 is 1.79. The van der Waals surface area contributed by atoms with E-state index in [0.717, 1.165) is 24.2 Å². The fraction of sp³-hybridized carbons (Fsp3) is 0.286. The number of hydrogen-bond acceptors (Lipinski definition) is 5. The summed E-state index contributed by atoms with van der Waals surface area (Å²) < 4.78 is 28.2. The summed E-state index contributed by atoms with van der Waals surface area (Å²) in [5.74, 6) is 1.59. The van der Waals surface area contributed by atoms with Gasteiger partial charge in [-0.3, -0.25) is 0 Å². The van der Waals surface area contributed by atoms with Crippen molar-refractivity contribution in [3.05, 3.63) is 75.9 Å². The topological polar surface area (TPSA) is 110 Å². The summed E-state index contributed by atoms with van der Waals surface area (Å²) in [6, 6.07) is 14.5. The number of hydrogen-bond donors (Lipinski definition) is 3. The number of primary sulfonamides is 1. The molecule has 0 unspecified atom stereocenters. The van der Waals surface area contributed by atoms with E-state index in [9.17, 15) is 8.42 Å². The summed E-state index contributed by atoms with van der Waals surface area (Å²) in [6.07, 6.45) is 3.44. The Morgan fingerprint density at radius 3 is 2.50 bits per heavy atom. The van der Waals surface area contributed by atoms with Crippen molar-refractivity contribution >= 4 is 27.3 Å². The highest BCUT2D eigenvalue weighted by atomic mass is 32.2. The van der Waals surface area contributed by atoms with Gasteiger partial charge in [0.2, 0.25) is 10.0 Å². The molecule has 0 amide bonds. The van der Waals surface area contributed by atoms with Crippen molar-refractivity contribution in [1.29, 1.82) is 0 Å². The van der Waals surface area contributed by atoms with E-state index < -0.39 is 10.0 Å². The van der Waals surface area contributed by atoms with Crippen LogP contribution in [0.4, 0.5) is 0 Å². The lowest BCUT2D eigenvalue weighted by molar-refractivity contribution is 0.506. The average molecular weight is 447 g/mol. The van der Waals surface area contributed by atoms with Crippen LogP contribution in [0.2, 0.25) is 0 Å². The van der Waals surface area contributed by atoms with Crippen LogP contribution in [0, 0.1) is 0 Å². The van der Waals surface area contributed by atoms with Gasteiger partial charge in [0.25, 0.3) is 0 Å². The molecule has 0 atom stereocenters. The zero-order valence-electron chi connectivity index (χ0n) is 16.8. The van der Waals surface area contributed by atoms with E-state index in [-0.39, 0.29) is 4.90 Å². The Morgan fingerprint density at radius 1 is 1.10 bits per heavy atom. The van der Waals surface area contributed by atoms with Gasteiger partial charge in [-0.2, -0.15) is 0 Å². The van der Waals surface area contributed by atoms with Crippen LogP contribution in [0.5, 0.6) is 0 Å². The minimum Gasteiger partial charge on any atom is -0.469 e. The van der Waals surface area contributed by atoms with Gasteiger partial charge in [-0.25, -0.2) is 18.5 Å². The zero-order valence-corrected chi connectivity index (χ0v) is 18.4. The standard InChI is InChI=1S/C21H26N4O3S2/c1-2-18-7-8-19(29-18)15-25-21(23-12-11-17-4-3-13-28-17)24-14-16-5-9-20(10-6-16)30(22,26)27/h3-10,13H,2,11-12,14-15H2,1H3,(H2,22,26,27)(H2,23,24,25). The Labute approximate surface area is 181 Å². The predicted octanol–water partition coefficient (Wildman–Crippen LogP) is 3.03. The third kappa shape index (κ3) is 6.72. The van der Waals surface area contributed by atoms with Gasteiger partial charge >= 0.3 is 0 Å². The SMILES string of the molecule is CCc1ccc(CNC(=NCc2ccc(S(N)(=O)=O)cc2)NCCc2ccco2)s1. The van der Waals surface area contributed by atoms with Crippen LogP contribution >= 0.6 is 11.3 Å². The van der Waals surface area contributed by atoms with Crippen molar-refractivity contribution in [2.45, 2.75) is 37.8 Å². The number of furan rings is 1. The van der Waals surface area contributed by atoms with E-state index in [1.165, 1.54) is 21.9 Å². The first-order chi connectivity index (χ1) is 14.4. The molecule has 3 rings (SSSR count). The number of nitrogens with two attached hydrogens (primary N) is 1. The highest BCUT2D eigenvalue weighted by Crippen LogP contribution is 2.16. The Morgan fingerprint density at radius 2 is 1.87 bits per heavy atom. The molecule has 0 aliphatic heterocycles. The number of nitrogens with zero attached hydrogens (tertiary/aromatic N) is 1. The van der Waals surface area contributed by atoms with Crippen LogP contribution in [-0.2, 0) is 36.0 Å². The van der Waals surface area contributed by atoms with Gasteiger partial charge in [-0.05, 0) is 48.4 Å². The maximum absolute atomic E-state index is 11.4. The zero-order chi connectivity index (χ0) is 21.4. The smallest absolute Gasteiger partial charge is 0.238 e. The highest BCUT2D eigenvalue weighted by molar-refractivity contribution is 7.89. The van der Waals surface area contributed by atoms with Gasteiger partial charge in [0, 0.05) is 22.7 Å². The first-order valence-corrected chi connectivity index (χ1v) is 12.0. The predicted molar refractivity (Wildman–Crippen MR) is 120 cm³/mol. The molecule has 0 saturated heterocycles. The molecule has 9 heteroatoms. The lowest BCUT2D eigenvalue weighted by Crippen LogP contribution is -2.38. The maximum Gasteiger partial charge on any atom is 0.238 e. The minimum absolute atomic E-state index is 0.0922. The lowest BCUT2D eigenvalue weighted by atomic mass is 10.2. The molecule has 30 heavy (non-hydrogen) atoms. The van der Waals surface area contributed by atoms with Crippen molar-refractivity contribution in [3.63, 3.8) is 0 Å². The van der Waals surface area contributed by atoms with Crippen molar-refractivity contribution in [1.82, 2.24) is 10.6 Å². The number of guanidine groups is 1. The molecule has 4 N–H and O–H groups in total. The Kier molecular flexibility index (Phi) is 7.67. The third-order valence-electron chi connectivity index (χ3n) is 4.41. The number of rotatable bonds is 9. The van der Waals surface area contributed by atoms with Gasteiger partial charge in [0.15, 0.2) is 5.96 Å². The molecule has 2 aromatic heterocycles. The number of aryl methyl sites for hydroxylation is 1. The molecule has 0 aliphatic rings. The molecule has 0 saturated carbocycles. The molecule has 7 nitrogen and oxygen atoms in total. The molecule has 0 radical (unpaired) electrons. The van der Waals surface area contributed by atoms with Crippen LogP contribution in [0.1, 0.15) is 28.0 Å². The van der Waals surface area contributed by atoms with E-state index in [2.05, 4.69) is 34.7 Å². The summed E-state index contributed by atoms with van der Waals surface area (Å²) in [5.41, 5.74) is 0.888. The number of benzene rings is 1. The van der Waals surface area contributed by atoms with Crippen LogP contribution in [-0.4, -0.2) is 20.9 Å². The Hall–Kier alpha value is -2.62. The number of sulfonamides is 1. The van der Waals surface area contributed by atoms with E-state index in [4.69, 9.17) is 9.56 Å².